The first-order chi connectivity index (χ1) is 7.78. The number of hydrogen-bond acceptors (Lipinski definition) is 5. The van der Waals surface area contributed by atoms with E-state index < -0.39 is 0 Å². The molecule has 1 aromatic heterocycles. The van der Waals surface area contributed by atoms with Crippen molar-refractivity contribution in [2.45, 2.75) is 23.9 Å². The second kappa shape index (κ2) is 5.16. The molecule has 1 amide bonds. The maximum Gasteiger partial charge on any atom is 0.239 e. The van der Waals surface area contributed by atoms with E-state index in [2.05, 4.69) is 20.6 Å². The first kappa shape index (κ1) is 11.2. The van der Waals surface area contributed by atoms with Gasteiger partial charge in [0, 0.05) is 12.1 Å². The molecular formula is C10H14N4OS. The third kappa shape index (κ3) is 3.37. The molecule has 0 aliphatic heterocycles. The molecule has 1 heterocycles. The number of anilines is 1. The number of hydrogen-bond donors (Lipinski definition) is 2. The standard InChI is InChI=1S/C10H14N4OS/c1-16-10-4-8(12-6-13-10)11-5-9(15)14-7-2-3-7/h4,6-7H,2-3,5H2,1H3,(H,14,15)(H,11,12,13). The maximum absolute atomic E-state index is 11.4. The largest absolute Gasteiger partial charge is 0.361 e. The summed E-state index contributed by atoms with van der Waals surface area (Å²) in [5.74, 6) is 0.706. The van der Waals surface area contributed by atoms with Crippen LogP contribution >= 0.6 is 11.8 Å². The van der Waals surface area contributed by atoms with E-state index in [0.717, 1.165) is 17.9 Å². The van der Waals surface area contributed by atoms with E-state index in [1.807, 2.05) is 12.3 Å². The normalized spacial score (nSPS) is 14.6. The van der Waals surface area contributed by atoms with E-state index in [-0.39, 0.29) is 12.5 Å². The number of rotatable bonds is 5. The lowest BCUT2D eigenvalue weighted by Gasteiger charge is -2.06. The SMILES string of the molecule is CSc1cc(NCC(=O)NC2CC2)ncn1. The van der Waals surface area contributed by atoms with Gasteiger partial charge >= 0.3 is 0 Å². The number of carbonyl (C=O) groups excluding carboxylic acids is 1. The molecule has 2 rings (SSSR count). The van der Waals surface area contributed by atoms with Crippen LogP contribution in [-0.2, 0) is 4.79 Å². The summed E-state index contributed by atoms with van der Waals surface area (Å²) in [6.07, 6.45) is 5.66. The molecule has 0 atom stereocenters. The van der Waals surface area contributed by atoms with Crippen LogP contribution in [0.4, 0.5) is 5.82 Å². The Morgan fingerprint density at radius 3 is 3.06 bits per heavy atom. The van der Waals surface area contributed by atoms with Crippen molar-refractivity contribution in [3.63, 3.8) is 0 Å². The Hall–Kier alpha value is -1.30. The Morgan fingerprint density at radius 1 is 1.56 bits per heavy atom. The summed E-state index contributed by atoms with van der Waals surface area (Å²) in [7, 11) is 0. The molecule has 0 unspecified atom stereocenters. The van der Waals surface area contributed by atoms with Crippen molar-refractivity contribution in [3.05, 3.63) is 12.4 Å². The molecule has 0 radical (unpaired) electrons. The van der Waals surface area contributed by atoms with Crippen LogP contribution in [0.5, 0.6) is 0 Å². The Labute approximate surface area is 98.4 Å². The van der Waals surface area contributed by atoms with Gasteiger partial charge in [0.25, 0.3) is 0 Å². The number of thioether (sulfide) groups is 1. The van der Waals surface area contributed by atoms with Gasteiger partial charge < -0.3 is 10.6 Å². The van der Waals surface area contributed by atoms with Crippen LogP contribution in [0.15, 0.2) is 17.4 Å². The molecule has 0 aromatic carbocycles. The predicted octanol–water partition coefficient (Wildman–Crippen LogP) is 0.889. The topological polar surface area (TPSA) is 66.9 Å². The molecule has 0 spiro atoms. The number of carbonyl (C=O) groups is 1. The van der Waals surface area contributed by atoms with Gasteiger partial charge in [0.05, 0.1) is 6.54 Å². The van der Waals surface area contributed by atoms with Gasteiger partial charge in [-0.2, -0.15) is 0 Å². The molecule has 16 heavy (non-hydrogen) atoms. The van der Waals surface area contributed by atoms with Crippen molar-refractivity contribution in [3.8, 4) is 0 Å². The molecule has 6 heteroatoms. The number of amides is 1. The number of nitrogens with one attached hydrogen (secondary N) is 2. The summed E-state index contributed by atoms with van der Waals surface area (Å²) < 4.78 is 0. The molecule has 0 saturated heterocycles. The van der Waals surface area contributed by atoms with Crippen molar-refractivity contribution in [1.82, 2.24) is 15.3 Å². The third-order valence-corrected chi connectivity index (χ3v) is 2.87. The lowest BCUT2D eigenvalue weighted by atomic mass is 10.5. The zero-order chi connectivity index (χ0) is 11.4. The second-order valence-electron chi connectivity index (χ2n) is 3.64. The van der Waals surface area contributed by atoms with Crippen molar-refractivity contribution in [2.75, 3.05) is 18.1 Å². The first-order valence-electron chi connectivity index (χ1n) is 5.17. The van der Waals surface area contributed by atoms with Crippen LogP contribution in [0.2, 0.25) is 0 Å². The smallest absolute Gasteiger partial charge is 0.239 e. The van der Waals surface area contributed by atoms with Crippen molar-refractivity contribution < 1.29 is 4.79 Å². The Morgan fingerprint density at radius 2 is 2.38 bits per heavy atom. The van der Waals surface area contributed by atoms with Gasteiger partial charge in [-0.3, -0.25) is 4.79 Å². The Bertz CT molecular complexity index is 381. The third-order valence-electron chi connectivity index (χ3n) is 2.22. The average Bonchev–Trinajstić information content (AvgIpc) is 3.10. The molecule has 1 aliphatic carbocycles. The molecule has 86 valence electrons. The van der Waals surface area contributed by atoms with Crippen LogP contribution in [0.25, 0.3) is 0 Å². The Balaban J connectivity index is 1.80. The van der Waals surface area contributed by atoms with E-state index in [0.29, 0.717) is 11.9 Å². The number of aromatic nitrogens is 2. The maximum atomic E-state index is 11.4. The van der Waals surface area contributed by atoms with Gasteiger partial charge in [-0.25, -0.2) is 9.97 Å². The molecule has 5 nitrogen and oxygen atoms in total. The molecule has 2 N–H and O–H groups in total. The van der Waals surface area contributed by atoms with Gasteiger partial charge in [0.1, 0.15) is 17.2 Å². The highest BCUT2D eigenvalue weighted by atomic mass is 32.2. The van der Waals surface area contributed by atoms with Crippen LogP contribution in [-0.4, -0.2) is 34.7 Å². The minimum absolute atomic E-state index is 0.0202. The summed E-state index contributed by atoms with van der Waals surface area (Å²) in [5, 5.41) is 6.77. The minimum atomic E-state index is 0.0202. The summed E-state index contributed by atoms with van der Waals surface area (Å²) >= 11 is 1.55. The zero-order valence-corrected chi connectivity index (χ0v) is 9.88. The molecular weight excluding hydrogens is 224 g/mol. The highest BCUT2D eigenvalue weighted by molar-refractivity contribution is 7.98. The summed E-state index contributed by atoms with van der Waals surface area (Å²) in [5.41, 5.74) is 0. The van der Waals surface area contributed by atoms with E-state index in [9.17, 15) is 4.79 Å². The lowest BCUT2D eigenvalue weighted by Crippen LogP contribution is -2.31. The van der Waals surface area contributed by atoms with Crippen molar-refractivity contribution in [2.24, 2.45) is 0 Å². The van der Waals surface area contributed by atoms with Crippen LogP contribution in [0, 0.1) is 0 Å². The van der Waals surface area contributed by atoms with E-state index in [1.165, 1.54) is 6.33 Å². The highest BCUT2D eigenvalue weighted by Gasteiger charge is 2.22. The summed E-state index contributed by atoms with van der Waals surface area (Å²) in [6.45, 7) is 0.265. The van der Waals surface area contributed by atoms with E-state index in [1.54, 1.807) is 11.8 Å². The zero-order valence-electron chi connectivity index (χ0n) is 9.06. The van der Waals surface area contributed by atoms with Crippen molar-refractivity contribution >= 4 is 23.5 Å². The predicted molar refractivity (Wildman–Crippen MR) is 63.5 cm³/mol. The Kier molecular flexibility index (Phi) is 3.61. The fourth-order valence-corrected chi connectivity index (χ4v) is 1.61. The monoisotopic (exact) mass is 238 g/mol. The number of nitrogens with zero attached hydrogens (tertiary/aromatic N) is 2. The van der Waals surface area contributed by atoms with Crippen LogP contribution < -0.4 is 10.6 Å². The van der Waals surface area contributed by atoms with Gasteiger partial charge in [-0.15, -0.1) is 11.8 Å². The van der Waals surface area contributed by atoms with E-state index in [4.69, 9.17) is 0 Å². The molecule has 1 fully saturated rings. The molecule has 1 aliphatic rings. The van der Waals surface area contributed by atoms with Gasteiger partial charge in [-0.1, -0.05) is 0 Å². The lowest BCUT2D eigenvalue weighted by molar-refractivity contribution is -0.119. The molecule has 1 aromatic rings. The first-order valence-corrected chi connectivity index (χ1v) is 6.39. The van der Waals surface area contributed by atoms with Crippen LogP contribution in [0.1, 0.15) is 12.8 Å². The fourth-order valence-electron chi connectivity index (χ4n) is 1.22. The van der Waals surface area contributed by atoms with Gasteiger partial charge in [-0.05, 0) is 19.1 Å². The molecule has 0 bridgehead atoms. The van der Waals surface area contributed by atoms with Gasteiger partial charge in [0.2, 0.25) is 5.91 Å². The van der Waals surface area contributed by atoms with Crippen LogP contribution in [0.3, 0.4) is 0 Å². The quantitative estimate of drug-likeness (QED) is 0.589. The average molecular weight is 238 g/mol. The summed E-state index contributed by atoms with van der Waals surface area (Å²) in [4.78, 5) is 19.5. The van der Waals surface area contributed by atoms with Crippen molar-refractivity contribution in [1.29, 1.82) is 0 Å². The fraction of sp³-hybridized carbons (Fsp3) is 0.500. The molecule has 1 saturated carbocycles. The van der Waals surface area contributed by atoms with Gasteiger partial charge in [0.15, 0.2) is 0 Å². The second-order valence-corrected chi connectivity index (χ2v) is 4.47. The highest BCUT2D eigenvalue weighted by Crippen LogP contribution is 2.18. The minimum Gasteiger partial charge on any atom is -0.361 e. The summed E-state index contributed by atoms with van der Waals surface area (Å²) in [6, 6.07) is 2.23. The van der Waals surface area contributed by atoms with E-state index >= 15 is 0 Å².